The molecule has 0 fully saturated rings. The van der Waals surface area contributed by atoms with Crippen LogP contribution in [0.15, 0.2) is 12.1 Å². The van der Waals surface area contributed by atoms with Gasteiger partial charge < -0.3 is 25.8 Å². The van der Waals surface area contributed by atoms with Crippen molar-refractivity contribution in [2.75, 3.05) is 32.9 Å². The molecule has 1 heterocycles. The summed E-state index contributed by atoms with van der Waals surface area (Å²) in [6.45, 7) is 1.77. The van der Waals surface area contributed by atoms with Crippen LogP contribution in [0.25, 0.3) is 11.3 Å². The van der Waals surface area contributed by atoms with Crippen LogP contribution in [0, 0.1) is 6.92 Å². The highest BCUT2D eigenvalue weighted by atomic mass is 16.5. The number of ether oxygens (including phenoxy) is 3. The zero-order chi connectivity index (χ0) is 14.9. The number of aryl methyl sites for hydroxylation is 1. The average Bonchev–Trinajstić information content (AvgIpc) is 2.72. The molecule has 20 heavy (non-hydrogen) atoms. The van der Waals surface area contributed by atoms with E-state index in [9.17, 15) is 0 Å². The quantitative estimate of drug-likeness (QED) is 0.815. The number of nitrogens with two attached hydrogens (primary N) is 2. The third kappa shape index (κ3) is 1.97. The molecule has 7 heteroatoms. The van der Waals surface area contributed by atoms with Crippen molar-refractivity contribution in [3.8, 4) is 28.5 Å². The van der Waals surface area contributed by atoms with Gasteiger partial charge in [-0.25, -0.2) is 9.66 Å². The van der Waals surface area contributed by atoms with Gasteiger partial charge in [-0.1, -0.05) is 0 Å². The van der Waals surface area contributed by atoms with E-state index in [-0.39, 0.29) is 0 Å². The van der Waals surface area contributed by atoms with Gasteiger partial charge in [-0.05, 0) is 19.1 Å². The molecule has 1 aromatic heterocycles. The topological polar surface area (TPSA) is 97.6 Å². The summed E-state index contributed by atoms with van der Waals surface area (Å²) in [5.74, 6) is 8.30. The molecule has 0 spiro atoms. The van der Waals surface area contributed by atoms with Crippen molar-refractivity contribution in [3.05, 3.63) is 18.0 Å². The van der Waals surface area contributed by atoms with Gasteiger partial charge in [0.25, 0.3) is 0 Å². The minimum absolute atomic E-state index is 0.355. The van der Waals surface area contributed by atoms with E-state index < -0.39 is 0 Å². The van der Waals surface area contributed by atoms with Gasteiger partial charge in [0.1, 0.15) is 11.5 Å². The Kier molecular flexibility index (Phi) is 3.60. The predicted molar refractivity (Wildman–Crippen MR) is 76.6 cm³/mol. The van der Waals surface area contributed by atoms with Gasteiger partial charge in [0.15, 0.2) is 17.3 Å². The molecule has 0 aliphatic rings. The van der Waals surface area contributed by atoms with Crippen molar-refractivity contribution in [1.82, 2.24) is 9.66 Å². The highest BCUT2D eigenvalue weighted by Crippen LogP contribution is 2.45. The first kappa shape index (κ1) is 13.9. The number of anilines is 1. The standard InChI is InChI=1S/C13H18N4O3/c1-7-16-10(13(14)17(7)15)8-5-6-9(18-2)12(20-4)11(8)19-3/h5-6H,14-15H2,1-4H3. The lowest BCUT2D eigenvalue weighted by Crippen LogP contribution is -2.13. The smallest absolute Gasteiger partial charge is 0.203 e. The van der Waals surface area contributed by atoms with Gasteiger partial charge in [0.05, 0.1) is 26.9 Å². The van der Waals surface area contributed by atoms with Crippen LogP contribution in [0.4, 0.5) is 5.82 Å². The fourth-order valence-corrected chi connectivity index (χ4v) is 2.05. The molecule has 108 valence electrons. The van der Waals surface area contributed by atoms with E-state index in [0.717, 1.165) is 0 Å². The normalized spacial score (nSPS) is 10.4. The predicted octanol–water partition coefficient (Wildman–Crippen LogP) is 1.18. The molecule has 0 aliphatic heterocycles. The van der Waals surface area contributed by atoms with E-state index in [1.807, 2.05) is 0 Å². The molecular formula is C13H18N4O3. The third-order valence-corrected chi connectivity index (χ3v) is 3.08. The maximum atomic E-state index is 5.97. The van der Waals surface area contributed by atoms with Crippen LogP contribution in [0.2, 0.25) is 0 Å². The van der Waals surface area contributed by atoms with Crippen molar-refractivity contribution >= 4 is 5.82 Å². The number of rotatable bonds is 4. The van der Waals surface area contributed by atoms with Crippen molar-refractivity contribution in [3.63, 3.8) is 0 Å². The summed E-state index contributed by atoms with van der Waals surface area (Å²) in [5.41, 5.74) is 7.20. The first-order chi connectivity index (χ1) is 9.54. The Hall–Kier alpha value is -2.57. The second kappa shape index (κ2) is 5.20. The summed E-state index contributed by atoms with van der Waals surface area (Å²) in [6.07, 6.45) is 0. The number of methoxy groups -OCH3 is 3. The molecule has 0 amide bonds. The lowest BCUT2D eigenvalue weighted by atomic mass is 10.1. The number of imidazole rings is 1. The monoisotopic (exact) mass is 278 g/mol. The fraction of sp³-hybridized carbons (Fsp3) is 0.308. The van der Waals surface area contributed by atoms with E-state index in [2.05, 4.69) is 4.98 Å². The Balaban J connectivity index is 2.71. The van der Waals surface area contributed by atoms with Crippen molar-refractivity contribution in [2.45, 2.75) is 6.92 Å². The molecule has 0 saturated carbocycles. The maximum Gasteiger partial charge on any atom is 0.203 e. The van der Waals surface area contributed by atoms with Gasteiger partial charge in [-0.2, -0.15) is 0 Å². The average molecular weight is 278 g/mol. The molecule has 2 rings (SSSR count). The van der Waals surface area contributed by atoms with Crippen LogP contribution in [0.1, 0.15) is 5.82 Å². The van der Waals surface area contributed by atoms with E-state index in [0.29, 0.717) is 40.1 Å². The van der Waals surface area contributed by atoms with Gasteiger partial charge in [0, 0.05) is 0 Å². The lowest BCUT2D eigenvalue weighted by Gasteiger charge is -2.15. The Labute approximate surface area is 117 Å². The Morgan fingerprint density at radius 2 is 1.70 bits per heavy atom. The van der Waals surface area contributed by atoms with Crippen molar-refractivity contribution < 1.29 is 14.2 Å². The van der Waals surface area contributed by atoms with Gasteiger partial charge >= 0.3 is 0 Å². The summed E-state index contributed by atoms with van der Waals surface area (Å²) in [6, 6.07) is 3.57. The fourth-order valence-electron chi connectivity index (χ4n) is 2.05. The lowest BCUT2D eigenvalue weighted by molar-refractivity contribution is 0.325. The van der Waals surface area contributed by atoms with Crippen LogP contribution in [-0.2, 0) is 0 Å². The summed E-state index contributed by atoms with van der Waals surface area (Å²) >= 11 is 0. The molecule has 0 bridgehead atoms. The molecular weight excluding hydrogens is 260 g/mol. The number of aromatic nitrogens is 2. The molecule has 0 aliphatic carbocycles. The van der Waals surface area contributed by atoms with Crippen LogP contribution in [-0.4, -0.2) is 31.0 Å². The highest BCUT2D eigenvalue weighted by Gasteiger charge is 2.21. The molecule has 0 unspecified atom stereocenters. The SMILES string of the molecule is COc1ccc(-c2nc(C)n(N)c2N)c(OC)c1OC. The zero-order valence-electron chi connectivity index (χ0n) is 11.9. The Bertz CT molecular complexity index is 637. The summed E-state index contributed by atoms with van der Waals surface area (Å²) < 4.78 is 17.3. The summed E-state index contributed by atoms with van der Waals surface area (Å²) in [5, 5.41) is 0. The molecule has 4 N–H and O–H groups in total. The van der Waals surface area contributed by atoms with Crippen LogP contribution in [0.5, 0.6) is 17.2 Å². The van der Waals surface area contributed by atoms with Crippen LogP contribution in [0.3, 0.4) is 0 Å². The number of benzene rings is 1. The molecule has 0 saturated heterocycles. The maximum absolute atomic E-state index is 5.97. The number of nitrogens with zero attached hydrogens (tertiary/aromatic N) is 2. The highest BCUT2D eigenvalue weighted by molar-refractivity contribution is 5.80. The van der Waals surface area contributed by atoms with E-state index in [1.165, 1.54) is 4.68 Å². The Morgan fingerprint density at radius 3 is 2.15 bits per heavy atom. The molecule has 2 aromatic rings. The van der Waals surface area contributed by atoms with Crippen LogP contribution >= 0.6 is 0 Å². The second-order valence-electron chi connectivity index (χ2n) is 4.14. The van der Waals surface area contributed by atoms with Gasteiger partial charge in [0.2, 0.25) is 5.75 Å². The third-order valence-electron chi connectivity index (χ3n) is 3.08. The second-order valence-corrected chi connectivity index (χ2v) is 4.14. The number of hydrogen-bond donors (Lipinski definition) is 2. The first-order valence-corrected chi connectivity index (χ1v) is 5.94. The van der Waals surface area contributed by atoms with Crippen molar-refractivity contribution in [2.24, 2.45) is 0 Å². The molecule has 0 radical (unpaired) electrons. The largest absolute Gasteiger partial charge is 0.493 e. The van der Waals surface area contributed by atoms with Crippen LogP contribution < -0.4 is 25.8 Å². The minimum Gasteiger partial charge on any atom is -0.493 e. The molecule has 0 atom stereocenters. The van der Waals surface area contributed by atoms with E-state index >= 15 is 0 Å². The van der Waals surface area contributed by atoms with Gasteiger partial charge in [-0.15, -0.1) is 0 Å². The van der Waals surface area contributed by atoms with Crippen molar-refractivity contribution in [1.29, 1.82) is 0 Å². The number of hydrogen-bond acceptors (Lipinski definition) is 6. The summed E-state index contributed by atoms with van der Waals surface area (Å²) in [4.78, 5) is 4.36. The first-order valence-electron chi connectivity index (χ1n) is 5.94. The number of nitrogen functional groups attached to an aromatic ring is 2. The minimum atomic E-state index is 0.355. The molecule has 7 nitrogen and oxygen atoms in total. The van der Waals surface area contributed by atoms with Gasteiger partial charge in [-0.3, -0.25) is 0 Å². The van der Waals surface area contributed by atoms with E-state index in [4.69, 9.17) is 25.8 Å². The Morgan fingerprint density at radius 1 is 1.05 bits per heavy atom. The summed E-state index contributed by atoms with van der Waals surface area (Å²) in [7, 11) is 4.65. The zero-order valence-corrected chi connectivity index (χ0v) is 11.9. The van der Waals surface area contributed by atoms with E-state index in [1.54, 1.807) is 40.4 Å². The molecule has 1 aromatic carbocycles.